The molecule has 1 unspecified atom stereocenters. The zero-order valence-corrected chi connectivity index (χ0v) is 21.3. The number of aromatic nitrogens is 2. The van der Waals surface area contributed by atoms with Crippen molar-refractivity contribution in [3.63, 3.8) is 0 Å². The van der Waals surface area contributed by atoms with Crippen LogP contribution in [-0.4, -0.2) is 20.7 Å². The van der Waals surface area contributed by atoms with Crippen LogP contribution >= 0.6 is 23.4 Å². The number of hydrogen-bond acceptors (Lipinski definition) is 4. The molecule has 0 aliphatic heterocycles. The molecule has 5 nitrogen and oxygen atoms in total. The van der Waals surface area contributed by atoms with Gasteiger partial charge in [0, 0.05) is 10.7 Å². The lowest BCUT2D eigenvalue weighted by molar-refractivity contribution is -0.115. The van der Waals surface area contributed by atoms with Gasteiger partial charge >= 0.3 is 0 Å². The van der Waals surface area contributed by atoms with Gasteiger partial charge in [-0.3, -0.25) is 14.2 Å². The Labute approximate surface area is 208 Å². The summed E-state index contributed by atoms with van der Waals surface area (Å²) >= 11 is 7.61. The second-order valence-corrected chi connectivity index (χ2v) is 10.2. The molecule has 7 heteroatoms. The molecule has 174 valence electrons. The first-order valence-corrected chi connectivity index (χ1v) is 12.3. The molecular formula is C27H26ClN3O2S. The number of para-hydroxylation sites is 1. The van der Waals surface area contributed by atoms with E-state index in [1.165, 1.54) is 11.8 Å². The summed E-state index contributed by atoms with van der Waals surface area (Å²) in [6.07, 6.45) is 0. The number of rotatable bonds is 5. The van der Waals surface area contributed by atoms with E-state index in [0.29, 0.717) is 26.8 Å². The van der Waals surface area contributed by atoms with Gasteiger partial charge < -0.3 is 5.32 Å². The van der Waals surface area contributed by atoms with Gasteiger partial charge in [0.2, 0.25) is 5.91 Å². The first kappa shape index (κ1) is 24.0. The fourth-order valence-corrected chi connectivity index (χ4v) is 5.15. The predicted octanol–water partition coefficient (Wildman–Crippen LogP) is 6.39. The molecule has 1 aromatic heterocycles. The van der Waals surface area contributed by atoms with Crippen molar-refractivity contribution in [2.45, 2.75) is 45.0 Å². The lowest BCUT2D eigenvalue weighted by atomic mass is 10.1. The molecule has 0 aliphatic carbocycles. The third-order valence-electron chi connectivity index (χ3n) is 5.80. The van der Waals surface area contributed by atoms with Crippen LogP contribution in [0.5, 0.6) is 0 Å². The number of amides is 1. The normalized spacial score (nSPS) is 12.1. The molecule has 1 heterocycles. The van der Waals surface area contributed by atoms with Crippen LogP contribution in [0.3, 0.4) is 0 Å². The van der Waals surface area contributed by atoms with Gasteiger partial charge in [0.25, 0.3) is 5.56 Å². The number of aryl methyl sites for hydroxylation is 3. The quantitative estimate of drug-likeness (QED) is 0.259. The topological polar surface area (TPSA) is 64.0 Å². The predicted molar refractivity (Wildman–Crippen MR) is 142 cm³/mol. The summed E-state index contributed by atoms with van der Waals surface area (Å²) in [6.45, 7) is 9.69. The van der Waals surface area contributed by atoms with Gasteiger partial charge in [0.05, 0.1) is 21.8 Å². The summed E-state index contributed by atoms with van der Waals surface area (Å²) < 4.78 is 1.56. The molecule has 0 saturated heterocycles. The zero-order chi connectivity index (χ0) is 24.6. The Bertz CT molecular complexity index is 1460. The molecule has 1 atom stereocenters. The molecule has 0 aliphatic rings. The van der Waals surface area contributed by atoms with Crippen LogP contribution < -0.4 is 10.9 Å². The Balaban J connectivity index is 1.76. The van der Waals surface area contributed by atoms with Crippen LogP contribution in [0.2, 0.25) is 5.02 Å². The van der Waals surface area contributed by atoms with Crippen molar-refractivity contribution in [2.75, 3.05) is 5.32 Å². The van der Waals surface area contributed by atoms with Crippen molar-refractivity contribution in [1.29, 1.82) is 0 Å². The first-order valence-electron chi connectivity index (χ1n) is 11.0. The average Bonchev–Trinajstić information content (AvgIpc) is 2.78. The minimum atomic E-state index is -0.501. The van der Waals surface area contributed by atoms with E-state index in [9.17, 15) is 9.59 Å². The molecule has 0 bridgehead atoms. The van der Waals surface area contributed by atoms with Gasteiger partial charge in [-0.15, -0.1) is 0 Å². The average molecular weight is 492 g/mol. The Morgan fingerprint density at radius 3 is 2.41 bits per heavy atom. The van der Waals surface area contributed by atoms with Crippen LogP contribution in [0.25, 0.3) is 16.6 Å². The lowest BCUT2D eigenvalue weighted by Crippen LogP contribution is -2.27. The first-order chi connectivity index (χ1) is 16.2. The van der Waals surface area contributed by atoms with Crippen molar-refractivity contribution in [3.05, 3.63) is 92.2 Å². The lowest BCUT2D eigenvalue weighted by Gasteiger charge is -2.19. The molecule has 4 aromatic rings. The monoisotopic (exact) mass is 491 g/mol. The summed E-state index contributed by atoms with van der Waals surface area (Å²) in [6, 6.07) is 16.7. The summed E-state index contributed by atoms with van der Waals surface area (Å²) in [7, 11) is 0. The highest BCUT2D eigenvalue weighted by molar-refractivity contribution is 8.00. The Kier molecular flexibility index (Phi) is 6.82. The molecule has 4 rings (SSSR count). The van der Waals surface area contributed by atoms with Crippen molar-refractivity contribution >= 4 is 45.9 Å². The molecule has 3 aromatic carbocycles. The van der Waals surface area contributed by atoms with Crippen molar-refractivity contribution in [2.24, 2.45) is 0 Å². The van der Waals surface area contributed by atoms with E-state index >= 15 is 0 Å². The van der Waals surface area contributed by atoms with Crippen molar-refractivity contribution in [3.8, 4) is 5.69 Å². The standard InChI is InChI=1S/C27H26ClN3O2S/c1-15-13-16(2)24(17(3)14-15)30-25(32)19(5)34-27-29-22-11-7-6-9-20(22)26(33)31(27)23-12-8-10-21(28)18(23)4/h6-14,19H,1-5H3,(H,30,32). The van der Waals surface area contributed by atoms with Gasteiger partial charge in [-0.2, -0.15) is 0 Å². The van der Waals surface area contributed by atoms with Crippen LogP contribution in [0.1, 0.15) is 29.2 Å². The number of nitrogens with zero attached hydrogens (tertiary/aromatic N) is 2. The second kappa shape index (κ2) is 9.65. The maximum atomic E-state index is 13.5. The zero-order valence-electron chi connectivity index (χ0n) is 19.8. The Morgan fingerprint density at radius 1 is 1.03 bits per heavy atom. The molecular weight excluding hydrogens is 466 g/mol. The minimum Gasteiger partial charge on any atom is -0.325 e. The number of hydrogen-bond donors (Lipinski definition) is 1. The van der Waals surface area contributed by atoms with Crippen LogP contribution in [0, 0.1) is 27.7 Å². The second-order valence-electron chi connectivity index (χ2n) is 8.46. The van der Waals surface area contributed by atoms with Crippen LogP contribution in [-0.2, 0) is 4.79 Å². The highest BCUT2D eigenvalue weighted by Crippen LogP contribution is 2.30. The Morgan fingerprint density at radius 2 is 1.71 bits per heavy atom. The fraction of sp³-hybridized carbons (Fsp3) is 0.222. The highest BCUT2D eigenvalue weighted by atomic mass is 35.5. The molecule has 0 spiro atoms. The Hall–Kier alpha value is -3.09. The van der Waals surface area contributed by atoms with E-state index in [-0.39, 0.29) is 11.5 Å². The van der Waals surface area contributed by atoms with Gasteiger partial charge in [0.1, 0.15) is 0 Å². The number of nitrogens with one attached hydrogen (secondary N) is 1. The van der Waals surface area contributed by atoms with E-state index in [4.69, 9.17) is 16.6 Å². The van der Waals surface area contributed by atoms with E-state index in [1.54, 1.807) is 28.8 Å². The van der Waals surface area contributed by atoms with E-state index in [0.717, 1.165) is 27.9 Å². The minimum absolute atomic E-state index is 0.156. The number of thioether (sulfide) groups is 1. The fourth-order valence-electron chi connectivity index (χ4n) is 4.06. The number of fused-ring (bicyclic) bond motifs is 1. The maximum absolute atomic E-state index is 13.5. The summed E-state index contributed by atoms with van der Waals surface area (Å²) in [5.74, 6) is -0.156. The van der Waals surface area contributed by atoms with Gasteiger partial charge in [-0.05, 0) is 75.6 Å². The highest BCUT2D eigenvalue weighted by Gasteiger charge is 2.22. The van der Waals surface area contributed by atoms with Crippen LogP contribution in [0.4, 0.5) is 5.69 Å². The third kappa shape index (κ3) is 4.61. The maximum Gasteiger partial charge on any atom is 0.266 e. The molecule has 1 amide bonds. The third-order valence-corrected chi connectivity index (χ3v) is 7.26. The van der Waals surface area contributed by atoms with Gasteiger partial charge in [-0.1, -0.05) is 59.3 Å². The van der Waals surface area contributed by atoms with Crippen molar-refractivity contribution in [1.82, 2.24) is 9.55 Å². The van der Waals surface area contributed by atoms with Gasteiger partial charge in [0.15, 0.2) is 5.16 Å². The smallest absolute Gasteiger partial charge is 0.266 e. The number of carbonyl (C=O) groups is 1. The molecule has 34 heavy (non-hydrogen) atoms. The van der Waals surface area contributed by atoms with E-state index in [1.807, 2.05) is 65.0 Å². The number of benzene rings is 3. The molecule has 1 N–H and O–H groups in total. The SMILES string of the molecule is Cc1cc(C)c(NC(=O)C(C)Sc2nc3ccccc3c(=O)n2-c2cccc(Cl)c2C)c(C)c1. The molecule has 0 saturated carbocycles. The van der Waals surface area contributed by atoms with Crippen LogP contribution in [0.15, 0.2) is 64.5 Å². The summed E-state index contributed by atoms with van der Waals surface area (Å²) in [4.78, 5) is 31.5. The molecule has 0 radical (unpaired) electrons. The number of carbonyl (C=O) groups excluding carboxylic acids is 1. The summed E-state index contributed by atoms with van der Waals surface area (Å²) in [5, 5.41) is 4.07. The number of halogens is 1. The van der Waals surface area contributed by atoms with Crippen molar-refractivity contribution < 1.29 is 4.79 Å². The summed E-state index contributed by atoms with van der Waals surface area (Å²) in [5.41, 5.74) is 5.80. The molecule has 0 fully saturated rings. The van der Waals surface area contributed by atoms with E-state index in [2.05, 4.69) is 5.32 Å². The van der Waals surface area contributed by atoms with E-state index < -0.39 is 5.25 Å². The van der Waals surface area contributed by atoms with Gasteiger partial charge in [-0.25, -0.2) is 4.98 Å². The largest absolute Gasteiger partial charge is 0.325 e. The number of anilines is 1.